The Bertz CT molecular complexity index is 1050. The molecule has 0 radical (unpaired) electrons. The molecule has 166 valence electrons. The maximum absolute atomic E-state index is 12.7. The Morgan fingerprint density at radius 3 is 2.56 bits per heavy atom. The second-order valence-corrected chi connectivity index (χ2v) is 7.45. The Morgan fingerprint density at radius 2 is 1.84 bits per heavy atom. The van der Waals surface area contributed by atoms with Gasteiger partial charge < -0.3 is 25.2 Å². The number of pyridine rings is 1. The lowest BCUT2D eigenvalue weighted by atomic mass is 10.3. The number of nitrogens with zero attached hydrogens (tertiary/aromatic N) is 5. The van der Waals surface area contributed by atoms with Crippen LogP contribution in [0.3, 0.4) is 0 Å². The minimum atomic E-state index is -0.131. The number of carbonyl (C=O) groups excluding carboxylic acids is 1. The van der Waals surface area contributed by atoms with Crippen molar-refractivity contribution < 1.29 is 9.53 Å². The van der Waals surface area contributed by atoms with Gasteiger partial charge in [-0.05, 0) is 55.8 Å². The molecule has 2 N–H and O–H groups in total. The van der Waals surface area contributed by atoms with Gasteiger partial charge in [0.15, 0.2) is 11.6 Å². The number of aryl methyl sites for hydroxylation is 1. The summed E-state index contributed by atoms with van der Waals surface area (Å²) in [6.07, 6.45) is 1.75. The van der Waals surface area contributed by atoms with Crippen molar-refractivity contribution >= 4 is 29.2 Å². The molecule has 0 aliphatic carbocycles. The summed E-state index contributed by atoms with van der Waals surface area (Å²) in [7, 11) is 0. The molecule has 1 aromatic carbocycles. The fraction of sp³-hybridized carbons (Fsp3) is 0.304. The zero-order valence-electron chi connectivity index (χ0n) is 18.3. The van der Waals surface area contributed by atoms with Crippen molar-refractivity contribution in [3.05, 3.63) is 60.3 Å². The van der Waals surface area contributed by atoms with Crippen LogP contribution in [0.2, 0.25) is 0 Å². The third kappa shape index (κ3) is 5.23. The predicted octanol–water partition coefficient (Wildman–Crippen LogP) is 3.68. The minimum Gasteiger partial charge on any atom is -0.492 e. The molecule has 1 aliphatic heterocycles. The Hall–Kier alpha value is -3.88. The van der Waals surface area contributed by atoms with Crippen molar-refractivity contribution in [3.8, 4) is 5.75 Å². The lowest BCUT2D eigenvalue weighted by Gasteiger charge is -2.35. The van der Waals surface area contributed by atoms with Crippen molar-refractivity contribution in [2.75, 3.05) is 48.3 Å². The molecule has 1 fully saturated rings. The van der Waals surface area contributed by atoms with Gasteiger partial charge in [-0.25, -0.2) is 9.78 Å². The summed E-state index contributed by atoms with van der Waals surface area (Å²) in [6, 6.07) is 15.0. The number of amides is 2. The van der Waals surface area contributed by atoms with Gasteiger partial charge in [-0.1, -0.05) is 12.1 Å². The van der Waals surface area contributed by atoms with Gasteiger partial charge in [0, 0.05) is 32.4 Å². The summed E-state index contributed by atoms with van der Waals surface area (Å²) in [5.74, 6) is 2.83. The number of ether oxygens (including phenoxy) is 1. The first-order valence-electron chi connectivity index (χ1n) is 10.7. The Balaban J connectivity index is 1.31. The van der Waals surface area contributed by atoms with E-state index < -0.39 is 0 Å². The monoisotopic (exact) mass is 433 g/mol. The highest BCUT2D eigenvalue weighted by Gasteiger charge is 2.23. The topological polar surface area (TPSA) is 95.5 Å². The maximum atomic E-state index is 12.7. The maximum Gasteiger partial charge on any atom is 0.322 e. The number of aromatic nitrogens is 3. The summed E-state index contributed by atoms with van der Waals surface area (Å²) in [5.41, 5.74) is 1.80. The lowest BCUT2D eigenvalue weighted by molar-refractivity contribution is 0.208. The van der Waals surface area contributed by atoms with Gasteiger partial charge in [0.1, 0.15) is 11.6 Å². The van der Waals surface area contributed by atoms with Crippen LogP contribution in [0, 0.1) is 6.92 Å². The summed E-state index contributed by atoms with van der Waals surface area (Å²) < 4.78 is 5.59. The van der Waals surface area contributed by atoms with Crippen LogP contribution in [-0.2, 0) is 0 Å². The van der Waals surface area contributed by atoms with Crippen LogP contribution < -0.4 is 20.3 Å². The molecule has 1 aliphatic rings. The van der Waals surface area contributed by atoms with E-state index in [4.69, 9.17) is 4.74 Å². The third-order valence-corrected chi connectivity index (χ3v) is 5.14. The van der Waals surface area contributed by atoms with Crippen molar-refractivity contribution in [1.82, 2.24) is 20.1 Å². The van der Waals surface area contributed by atoms with Gasteiger partial charge >= 0.3 is 6.03 Å². The Morgan fingerprint density at radius 1 is 1.03 bits per heavy atom. The van der Waals surface area contributed by atoms with Crippen LogP contribution in [0.25, 0.3) is 0 Å². The molecule has 3 heterocycles. The molecule has 9 nitrogen and oxygen atoms in total. The lowest BCUT2D eigenvalue weighted by Crippen LogP contribution is -2.50. The molecule has 32 heavy (non-hydrogen) atoms. The highest BCUT2D eigenvalue weighted by atomic mass is 16.5. The third-order valence-electron chi connectivity index (χ3n) is 5.14. The number of anilines is 4. The van der Waals surface area contributed by atoms with E-state index in [2.05, 4.69) is 30.7 Å². The standard InChI is InChI=1S/C23H27N7O2/c1-3-32-19-7-5-4-6-18(19)25-23(31)30-14-12-29(13-15-30)22-9-8-20(27-28-22)26-21-16-17(2)10-11-24-21/h4-11,16H,3,12-15H2,1-2H3,(H,25,31)(H,24,26,27). The normalized spacial score (nSPS) is 13.6. The number of urea groups is 1. The van der Waals surface area contributed by atoms with Crippen LogP contribution in [0.5, 0.6) is 5.75 Å². The van der Waals surface area contributed by atoms with Crippen LogP contribution in [-0.4, -0.2) is 58.9 Å². The smallest absolute Gasteiger partial charge is 0.322 e. The second kappa shape index (κ2) is 9.95. The first-order chi connectivity index (χ1) is 15.6. The first kappa shape index (κ1) is 21.4. The van der Waals surface area contributed by atoms with Crippen molar-refractivity contribution in [2.24, 2.45) is 0 Å². The molecule has 0 saturated carbocycles. The van der Waals surface area contributed by atoms with Gasteiger partial charge in [0.25, 0.3) is 0 Å². The molecule has 4 rings (SSSR count). The number of para-hydroxylation sites is 2. The molecule has 2 aromatic heterocycles. The summed E-state index contributed by atoms with van der Waals surface area (Å²) in [6.45, 7) is 7.03. The highest BCUT2D eigenvalue weighted by molar-refractivity contribution is 5.91. The molecule has 1 saturated heterocycles. The minimum absolute atomic E-state index is 0.131. The van der Waals surface area contributed by atoms with Gasteiger partial charge in [-0.2, -0.15) is 0 Å². The average Bonchev–Trinajstić information content (AvgIpc) is 2.81. The Kier molecular flexibility index (Phi) is 6.64. The molecular weight excluding hydrogens is 406 g/mol. The predicted molar refractivity (Wildman–Crippen MR) is 125 cm³/mol. The van der Waals surface area contributed by atoms with E-state index in [1.807, 2.05) is 62.4 Å². The second-order valence-electron chi connectivity index (χ2n) is 7.45. The SMILES string of the molecule is CCOc1ccccc1NC(=O)N1CCN(c2ccc(Nc3cc(C)ccn3)nn2)CC1. The van der Waals surface area contributed by atoms with Crippen LogP contribution in [0.1, 0.15) is 12.5 Å². The summed E-state index contributed by atoms with van der Waals surface area (Å²) in [5, 5.41) is 14.7. The number of hydrogen-bond donors (Lipinski definition) is 2. The van der Waals surface area contributed by atoms with E-state index in [0.717, 1.165) is 17.2 Å². The number of hydrogen-bond acceptors (Lipinski definition) is 7. The highest BCUT2D eigenvalue weighted by Crippen LogP contribution is 2.24. The molecule has 0 spiro atoms. The molecule has 3 aromatic rings. The molecule has 0 unspecified atom stereocenters. The molecule has 2 amide bonds. The fourth-order valence-electron chi connectivity index (χ4n) is 3.48. The van der Waals surface area contributed by atoms with Crippen molar-refractivity contribution in [3.63, 3.8) is 0 Å². The van der Waals surface area contributed by atoms with E-state index in [-0.39, 0.29) is 6.03 Å². The van der Waals surface area contributed by atoms with E-state index in [9.17, 15) is 4.79 Å². The first-order valence-corrected chi connectivity index (χ1v) is 10.7. The van der Waals surface area contributed by atoms with Crippen LogP contribution >= 0.6 is 0 Å². The van der Waals surface area contributed by atoms with E-state index in [1.165, 1.54) is 0 Å². The number of piperazine rings is 1. The summed E-state index contributed by atoms with van der Waals surface area (Å²) >= 11 is 0. The zero-order valence-corrected chi connectivity index (χ0v) is 18.3. The van der Waals surface area contributed by atoms with Gasteiger partial charge in [-0.3, -0.25) is 0 Å². The number of nitrogens with one attached hydrogen (secondary N) is 2. The quantitative estimate of drug-likeness (QED) is 0.612. The number of benzene rings is 1. The zero-order chi connectivity index (χ0) is 22.3. The van der Waals surface area contributed by atoms with E-state index in [1.54, 1.807) is 11.1 Å². The Labute approximate surface area is 187 Å². The fourth-order valence-corrected chi connectivity index (χ4v) is 3.48. The van der Waals surface area contributed by atoms with E-state index in [0.29, 0.717) is 50.0 Å². The van der Waals surface area contributed by atoms with Gasteiger partial charge in [0.2, 0.25) is 0 Å². The average molecular weight is 434 g/mol. The van der Waals surface area contributed by atoms with Crippen LogP contribution in [0.4, 0.5) is 27.9 Å². The van der Waals surface area contributed by atoms with Crippen molar-refractivity contribution in [1.29, 1.82) is 0 Å². The van der Waals surface area contributed by atoms with Crippen LogP contribution in [0.15, 0.2) is 54.7 Å². The molecule has 0 bridgehead atoms. The number of carbonyl (C=O) groups is 1. The van der Waals surface area contributed by atoms with E-state index >= 15 is 0 Å². The largest absolute Gasteiger partial charge is 0.492 e. The molecular formula is C23H27N7O2. The number of rotatable bonds is 6. The molecule has 9 heteroatoms. The van der Waals surface area contributed by atoms with Gasteiger partial charge in [0.05, 0.1) is 12.3 Å². The van der Waals surface area contributed by atoms with Gasteiger partial charge in [-0.15, -0.1) is 10.2 Å². The molecule has 0 atom stereocenters. The van der Waals surface area contributed by atoms with Crippen molar-refractivity contribution in [2.45, 2.75) is 13.8 Å². The summed E-state index contributed by atoms with van der Waals surface area (Å²) in [4.78, 5) is 20.9.